The zero-order chi connectivity index (χ0) is 26.2. The summed E-state index contributed by atoms with van der Waals surface area (Å²) < 4.78 is 5.21. The summed E-state index contributed by atoms with van der Waals surface area (Å²) in [4.78, 5) is 18.6. The van der Waals surface area contributed by atoms with Gasteiger partial charge in [0, 0.05) is 27.2 Å². The first-order valence-electron chi connectivity index (χ1n) is 11.8. The molecule has 0 bridgehead atoms. The average Bonchev–Trinajstić information content (AvgIpc) is 3.37. The molecule has 0 saturated carbocycles. The lowest BCUT2D eigenvalue weighted by Crippen LogP contribution is -2.24. The maximum absolute atomic E-state index is 13.0. The van der Waals surface area contributed by atoms with Crippen LogP contribution < -0.4 is 20.7 Å². The summed E-state index contributed by atoms with van der Waals surface area (Å²) in [7, 11) is 1.64. The Labute approximate surface area is 230 Å². The Morgan fingerprint density at radius 1 is 1.03 bits per heavy atom. The number of nitrogens with one attached hydrogen (secondary N) is 3. The fourth-order valence-electron chi connectivity index (χ4n) is 3.48. The van der Waals surface area contributed by atoms with Crippen molar-refractivity contribution in [2.75, 3.05) is 23.1 Å². The average molecular weight is 549 g/mol. The van der Waals surface area contributed by atoms with Crippen LogP contribution in [0.1, 0.15) is 18.9 Å². The SMILES string of the molecule is CCC(Sc1cccc(NC(=S)Nc2ccc(C)cc2)c1)C(=O)Nc1nc(-c2ccc(OC)cc2)cs1. The van der Waals surface area contributed by atoms with E-state index in [0.717, 1.165) is 33.3 Å². The van der Waals surface area contributed by atoms with Crippen LogP contribution in [0.4, 0.5) is 16.5 Å². The lowest BCUT2D eigenvalue weighted by molar-refractivity contribution is -0.115. The molecule has 190 valence electrons. The zero-order valence-corrected chi connectivity index (χ0v) is 23.2. The minimum absolute atomic E-state index is 0.0712. The lowest BCUT2D eigenvalue weighted by atomic mass is 10.2. The first-order valence-corrected chi connectivity index (χ1v) is 13.9. The molecule has 6 nitrogen and oxygen atoms in total. The number of aryl methyl sites for hydroxylation is 1. The maximum Gasteiger partial charge on any atom is 0.239 e. The van der Waals surface area contributed by atoms with Gasteiger partial charge in [-0.05, 0) is 80.2 Å². The van der Waals surface area contributed by atoms with Crippen molar-refractivity contribution in [3.05, 3.63) is 83.7 Å². The van der Waals surface area contributed by atoms with Crippen LogP contribution in [0.15, 0.2) is 83.1 Å². The largest absolute Gasteiger partial charge is 0.497 e. The van der Waals surface area contributed by atoms with Gasteiger partial charge in [0.05, 0.1) is 18.1 Å². The number of hydrogen-bond acceptors (Lipinski definition) is 6. The van der Waals surface area contributed by atoms with E-state index in [4.69, 9.17) is 17.0 Å². The number of thiazole rings is 1. The number of carbonyl (C=O) groups is 1. The fourth-order valence-corrected chi connectivity index (χ4v) is 5.45. The van der Waals surface area contributed by atoms with Gasteiger partial charge in [-0.2, -0.15) is 0 Å². The molecule has 1 unspecified atom stereocenters. The summed E-state index contributed by atoms with van der Waals surface area (Å²) in [5, 5.41) is 12.2. The second-order valence-electron chi connectivity index (χ2n) is 8.24. The summed E-state index contributed by atoms with van der Waals surface area (Å²) in [6.07, 6.45) is 0.679. The van der Waals surface area contributed by atoms with Crippen LogP contribution in [-0.4, -0.2) is 28.4 Å². The number of thioether (sulfide) groups is 1. The van der Waals surface area contributed by atoms with E-state index in [1.54, 1.807) is 7.11 Å². The molecular weight excluding hydrogens is 521 g/mol. The number of thiocarbonyl (C=S) groups is 1. The summed E-state index contributed by atoms with van der Waals surface area (Å²) >= 11 is 8.39. The second kappa shape index (κ2) is 12.7. The van der Waals surface area contributed by atoms with Crippen molar-refractivity contribution < 1.29 is 9.53 Å². The molecule has 4 aromatic rings. The number of aromatic nitrogens is 1. The molecule has 0 fully saturated rings. The molecule has 1 aromatic heterocycles. The Kier molecular flexibility index (Phi) is 9.16. The molecule has 0 aliphatic carbocycles. The van der Waals surface area contributed by atoms with E-state index < -0.39 is 0 Å². The van der Waals surface area contributed by atoms with Crippen LogP contribution in [0.2, 0.25) is 0 Å². The molecule has 0 saturated heterocycles. The monoisotopic (exact) mass is 548 g/mol. The molecule has 3 N–H and O–H groups in total. The summed E-state index contributed by atoms with van der Waals surface area (Å²) in [5.74, 6) is 0.719. The maximum atomic E-state index is 13.0. The van der Waals surface area contributed by atoms with Crippen molar-refractivity contribution in [1.82, 2.24) is 4.98 Å². The van der Waals surface area contributed by atoms with Gasteiger partial charge in [0.2, 0.25) is 5.91 Å². The smallest absolute Gasteiger partial charge is 0.239 e. The molecule has 1 amide bonds. The molecule has 0 aliphatic rings. The number of methoxy groups -OCH3 is 1. The van der Waals surface area contributed by atoms with Crippen molar-refractivity contribution in [3.8, 4) is 17.0 Å². The third kappa shape index (κ3) is 7.55. The van der Waals surface area contributed by atoms with Crippen LogP contribution >= 0.6 is 35.3 Å². The minimum Gasteiger partial charge on any atom is -0.497 e. The summed E-state index contributed by atoms with van der Waals surface area (Å²) in [6, 6.07) is 23.6. The Balaban J connectivity index is 1.35. The number of hydrogen-bond donors (Lipinski definition) is 3. The van der Waals surface area contributed by atoms with Crippen molar-refractivity contribution in [2.24, 2.45) is 0 Å². The highest BCUT2D eigenvalue weighted by molar-refractivity contribution is 8.00. The quantitative estimate of drug-likeness (QED) is 0.148. The standard InChI is InChI=1S/C28H28N4O2S3/c1-4-25(26(33)32-28-31-24(17-36-28)19-10-14-22(34-3)15-11-19)37-23-7-5-6-21(16-23)30-27(35)29-20-12-8-18(2)9-13-20/h5-17,25H,4H2,1-3H3,(H2,29,30,35)(H,31,32,33). The highest BCUT2D eigenvalue weighted by atomic mass is 32.2. The van der Waals surface area contributed by atoms with Crippen LogP contribution in [0.3, 0.4) is 0 Å². The number of amides is 1. The van der Waals surface area contributed by atoms with Gasteiger partial charge < -0.3 is 20.7 Å². The van der Waals surface area contributed by atoms with E-state index in [-0.39, 0.29) is 11.2 Å². The second-order valence-corrected chi connectivity index (χ2v) is 10.8. The van der Waals surface area contributed by atoms with Crippen LogP contribution in [0.5, 0.6) is 5.75 Å². The van der Waals surface area contributed by atoms with Gasteiger partial charge in [0.15, 0.2) is 10.2 Å². The lowest BCUT2D eigenvalue weighted by Gasteiger charge is -2.15. The fraction of sp³-hybridized carbons (Fsp3) is 0.179. The van der Waals surface area contributed by atoms with E-state index in [9.17, 15) is 4.79 Å². The molecule has 9 heteroatoms. The van der Waals surface area contributed by atoms with Gasteiger partial charge in [-0.25, -0.2) is 4.98 Å². The van der Waals surface area contributed by atoms with Gasteiger partial charge in [-0.3, -0.25) is 4.79 Å². The number of rotatable bonds is 9. The van der Waals surface area contributed by atoms with Crippen LogP contribution in [0.25, 0.3) is 11.3 Å². The number of anilines is 3. The van der Waals surface area contributed by atoms with E-state index in [0.29, 0.717) is 16.7 Å². The van der Waals surface area contributed by atoms with E-state index >= 15 is 0 Å². The Morgan fingerprint density at radius 2 is 1.76 bits per heavy atom. The molecule has 1 atom stereocenters. The highest BCUT2D eigenvalue weighted by Crippen LogP contribution is 2.30. The van der Waals surface area contributed by atoms with Crippen molar-refractivity contribution in [1.29, 1.82) is 0 Å². The van der Waals surface area contributed by atoms with Gasteiger partial charge in [-0.1, -0.05) is 30.7 Å². The number of carbonyl (C=O) groups excluding carboxylic acids is 1. The van der Waals surface area contributed by atoms with Crippen molar-refractivity contribution in [3.63, 3.8) is 0 Å². The number of ether oxygens (including phenoxy) is 1. The predicted molar refractivity (Wildman–Crippen MR) is 160 cm³/mol. The molecule has 3 aromatic carbocycles. The summed E-state index contributed by atoms with van der Waals surface area (Å²) in [5.41, 5.74) is 4.76. The normalized spacial score (nSPS) is 11.4. The van der Waals surface area contributed by atoms with E-state index in [1.165, 1.54) is 28.7 Å². The van der Waals surface area contributed by atoms with Crippen LogP contribution in [0, 0.1) is 6.92 Å². The highest BCUT2D eigenvalue weighted by Gasteiger charge is 2.20. The van der Waals surface area contributed by atoms with Gasteiger partial charge >= 0.3 is 0 Å². The third-order valence-electron chi connectivity index (χ3n) is 5.46. The first kappa shape index (κ1) is 26.7. The predicted octanol–water partition coefficient (Wildman–Crippen LogP) is 7.45. The molecule has 1 heterocycles. The van der Waals surface area contributed by atoms with Gasteiger partial charge in [0.1, 0.15) is 5.75 Å². The first-order chi connectivity index (χ1) is 17.9. The van der Waals surface area contributed by atoms with E-state index in [2.05, 4.69) is 20.9 Å². The number of nitrogens with zero attached hydrogens (tertiary/aromatic N) is 1. The molecule has 0 aliphatic heterocycles. The Bertz CT molecular complexity index is 1350. The topological polar surface area (TPSA) is 75.3 Å². The van der Waals surface area contributed by atoms with Gasteiger partial charge in [-0.15, -0.1) is 23.1 Å². The van der Waals surface area contributed by atoms with E-state index in [1.807, 2.05) is 92.0 Å². The minimum atomic E-state index is -0.263. The summed E-state index contributed by atoms with van der Waals surface area (Å²) in [6.45, 7) is 4.05. The van der Waals surface area contributed by atoms with Crippen molar-refractivity contribution in [2.45, 2.75) is 30.4 Å². The Hall–Kier alpha value is -3.40. The zero-order valence-electron chi connectivity index (χ0n) is 20.8. The molecule has 4 rings (SSSR count). The molecule has 0 spiro atoms. The molecule has 37 heavy (non-hydrogen) atoms. The van der Waals surface area contributed by atoms with Crippen LogP contribution in [-0.2, 0) is 4.79 Å². The number of benzene rings is 3. The Morgan fingerprint density at radius 3 is 2.46 bits per heavy atom. The van der Waals surface area contributed by atoms with Crippen molar-refractivity contribution >= 4 is 62.8 Å². The van der Waals surface area contributed by atoms with Gasteiger partial charge in [0.25, 0.3) is 0 Å². The molecular formula is C28H28N4O2S3. The molecule has 0 radical (unpaired) electrons. The third-order valence-corrected chi connectivity index (χ3v) is 7.78.